The van der Waals surface area contributed by atoms with Crippen molar-refractivity contribution < 1.29 is 17.9 Å². The third kappa shape index (κ3) is 3.01. The largest absolute Gasteiger partial charge is 0.495 e. The molecule has 0 bridgehead atoms. The van der Waals surface area contributed by atoms with Gasteiger partial charge in [-0.2, -0.15) is 13.2 Å². The van der Waals surface area contributed by atoms with E-state index in [2.05, 4.69) is 9.97 Å². The number of pyridine rings is 1. The Balaban J connectivity index is 2.19. The molecule has 9 heteroatoms. The molecule has 3 aromatic rings. The number of halogens is 3. The zero-order valence-electron chi connectivity index (χ0n) is 14.1. The zero-order valence-corrected chi connectivity index (χ0v) is 14.9. The van der Waals surface area contributed by atoms with E-state index in [1.54, 1.807) is 24.3 Å². The van der Waals surface area contributed by atoms with Crippen LogP contribution in [0.3, 0.4) is 0 Å². The number of fused-ring (bicyclic) bond motifs is 1. The van der Waals surface area contributed by atoms with E-state index in [1.807, 2.05) is 0 Å². The molecule has 0 atom stereocenters. The molecule has 1 aromatic carbocycles. The van der Waals surface area contributed by atoms with Crippen LogP contribution in [-0.4, -0.2) is 21.6 Å². The number of benzene rings is 1. The third-order valence-corrected chi connectivity index (χ3v) is 4.79. The number of aromatic nitrogens is 3. The Hall–Kier alpha value is -2.68. The number of hydrogen-bond donors (Lipinski definition) is 1. The predicted molar refractivity (Wildman–Crippen MR) is 96.1 cm³/mol. The lowest BCUT2D eigenvalue weighted by Gasteiger charge is -2.17. The van der Waals surface area contributed by atoms with Crippen LogP contribution in [0.25, 0.3) is 16.7 Å². The van der Waals surface area contributed by atoms with Crippen molar-refractivity contribution in [2.45, 2.75) is 24.9 Å². The molecule has 0 aliphatic heterocycles. The van der Waals surface area contributed by atoms with Crippen LogP contribution in [0.15, 0.2) is 35.1 Å². The number of aromatic amines is 1. The van der Waals surface area contributed by atoms with Gasteiger partial charge in [0.2, 0.25) is 0 Å². The monoisotopic (exact) mass is 393 g/mol. The molecule has 2 heterocycles. The van der Waals surface area contributed by atoms with Gasteiger partial charge in [-0.15, -0.1) is 0 Å². The highest BCUT2D eigenvalue weighted by atomic mass is 32.1. The molecule has 0 saturated heterocycles. The number of para-hydroxylation sites is 2. The molecule has 1 aliphatic rings. The molecule has 1 fully saturated rings. The van der Waals surface area contributed by atoms with Crippen LogP contribution in [0.4, 0.5) is 13.2 Å². The number of methoxy groups -OCH3 is 1. The van der Waals surface area contributed by atoms with E-state index in [4.69, 9.17) is 17.0 Å². The maximum atomic E-state index is 13.7. The van der Waals surface area contributed by atoms with E-state index in [0.29, 0.717) is 17.1 Å². The van der Waals surface area contributed by atoms with Crippen LogP contribution in [0, 0.1) is 4.77 Å². The highest BCUT2D eigenvalue weighted by Gasteiger charge is 2.37. The third-order valence-electron chi connectivity index (χ3n) is 4.51. The summed E-state index contributed by atoms with van der Waals surface area (Å²) in [4.78, 5) is 19.1. The molecule has 5 nitrogen and oxygen atoms in total. The number of nitrogens with zero attached hydrogens (tertiary/aromatic N) is 2. The Labute approximate surface area is 156 Å². The molecule has 1 aliphatic carbocycles. The van der Waals surface area contributed by atoms with Gasteiger partial charge in [0.25, 0.3) is 5.56 Å². The molecule has 0 spiro atoms. The van der Waals surface area contributed by atoms with Crippen molar-refractivity contribution in [3.8, 4) is 11.4 Å². The van der Waals surface area contributed by atoms with Gasteiger partial charge < -0.3 is 4.74 Å². The first kappa shape index (κ1) is 17.7. The second-order valence-electron chi connectivity index (χ2n) is 6.33. The number of hydrogen-bond acceptors (Lipinski definition) is 4. The molecule has 4 rings (SSSR count). The predicted octanol–water partition coefficient (Wildman–Crippen LogP) is 4.35. The molecule has 27 heavy (non-hydrogen) atoms. The molecule has 140 valence electrons. The number of alkyl halides is 3. The molecular weight excluding hydrogens is 379 g/mol. The fraction of sp³-hybridized carbons (Fsp3) is 0.278. The van der Waals surface area contributed by atoms with Crippen LogP contribution >= 0.6 is 12.2 Å². The minimum Gasteiger partial charge on any atom is -0.495 e. The van der Waals surface area contributed by atoms with Gasteiger partial charge in [-0.1, -0.05) is 12.1 Å². The van der Waals surface area contributed by atoms with E-state index in [1.165, 1.54) is 11.7 Å². The van der Waals surface area contributed by atoms with E-state index in [9.17, 15) is 18.0 Å². The second-order valence-corrected chi connectivity index (χ2v) is 6.72. The summed E-state index contributed by atoms with van der Waals surface area (Å²) in [6.45, 7) is 0. The summed E-state index contributed by atoms with van der Waals surface area (Å²) in [5.41, 5.74) is -1.32. The minimum absolute atomic E-state index is 0.0329. The zero-order chi connectivity index (χ0) is 19.3. The number of ether oxygens (including phenoxy) is 1. The first-order chi connectivity index (χ1) is 12.8. The van der Waals surface area contributed by atoms with Crippen molar-refractivity contribution in [2.24, 2.45) is 0 Å². The van der Waals surface area contributed by atoms with Gasteiger partial charge in [0.1, 0.15) is 5.75 Å². The van der Waals surface area contributed by atoms with Crippen LogP contribution in [-0.2, 0) is 6.18 Å². The maximum absolute atomic E-state index is 13.7. The van der Waals surface area contributed by atoms with Gasteiger partial charge >= 0.3 is 6.18 Å². The Kier molecular flexibility index (Phi) is 4.06. The fourth-order valence-electron chi connectivity index (χ4n) is 3.10. The van der Waals surface area contributed by atoms with E-state index >= 15 is 0 Å². The van der Waals surface area contributed by atoms with Crippen molar-refractivity contribution in [1.82, 2.24) is 14.5 Å². The Morgan fingerprint density at radius 1 is 1.30 bits per heavy atom. The summed E-state index contributed by atoms with van der Waals surface area (Å²) >= 11 is 5.25. The number of nitrogens with one attached hydrogen (secondary N) is 1. The molecule has 0 unspecified atom stereocenters. The quantitative estimate of drug-likeness (QED) is 0.672. The lowest BCUT2D eigenvalue weighted by Crippen LogP contribution is -2.20. The summed E-state index contributed by atoms with van der Waals surface area (Å²) in [5, 5.41) is -0.536. The van der Waals surface area contributed by atoms with Gasteiger partial charge in [0, 0.05) is 11.6 Å². The van der Waals surface area contributed by atoms with Crippen LogP contribution in [0.1, 0.15) is 30.0 Å². The van der Waals surface area contributed by atoms with Crippen LogP contribution in [0.2, 0.25) is 0 Å². The highest BCUT2D eigenvalue weighted by Crippen LogP contribution is 2.42. The van der Waals surface area contributed by atoms with Gasteiger partial charge in [-0.25, -0.2) is 4.98 Å². The number of rotatable bonds is 3. The maximum Gasteiger partial charge on any atom is 0.417 e. The summed E-state index contributed by atoms with van der Waals surface area (Å²) < 4.78 is 47.7. The average molecular weight is 393 g/mol. The molecule has 2 aromatic heterocycles. The van der Waals surface area contributed by atoms with E-state index < -0.39 is 22.7 Å². The summed E-state index contributed by atoms with van der Waals surface area (Å²) in [5.74, 6) is 0.364. The minimum atomic E-state index is -4.70. The molecular formula is C18H14F3N3O2S. The van der Waals surface area contributed by atoms with Gasteiger partial charge in [0.15, 0.2) is 10.4 Å². The lowest BCUT2D eigenvalue weighted by molar-refractivity contribution is -0.136. The normalized spacial score (nSPS) is 14.5. The topological polar surface area (TPSA) is 59.9 Å². The van der Waals surface area contributed by atoms with E-state index in [-0.39, 0.29) is 16.3 Å². The lowest BCUT2D eigenvalue weighted by atomic mass is 10.1. The second kappa shape index (κ2) is 6.19. The Morgan fingerprint density at radius 2 is 2.00 bits per heavy atom. The first-order valence-corrected chi connectivity index (χ1v) is 8.62. The molecule has 0 amide bonds. The van der Waals surface area contributed by atoms with E-state index in [0.717, 1.165) is 18.9 Å². The SMILES string of the molecule is COc1ccccc1-n1c(=S)[nH]c(=O)c2c(C(F)(F)F)cc(C3CC3)nc21. The van der Waals surface area contributed by atoms with Gasteiger partial charge in [-0.3, -0.25) is 14.3 Å². The highest BCUT2D eigenvalue weighted by molar-refractivity contribution is 7.71. The first-order valence-electron chi connectivity index (χ1n) is 8.22. The molecule has 0 radical (unpaired) electrons. The van der Waals surface area contributed by atoms with Crippen molar-refractivity contribution >= 4 is 23.3 Å². The van der Waals surface area contributed by atoms with Crippen molar-refractivity contribution in [3.63, 3.8) is 0 Å². The summed E-state index contributed by atoms with van der Waals surface area (Å²) in [6.07, 6.45) is -3.15. The van der Waals surface area contributed by atoms with Crippen LogP contribution in [0.5, 0.6) is 5.75 Å². The summed E-state index contributed by atoms with van der Waals surface area (Å²) in [6, 6.07) is 7.70. The molecule has 1 saturated carbocycles. The van der Waals surface area contributed by atoms with Gasteiger partial charge in [0.05, 0.1) is 23.7 Å². The van der Waals surface area contributed by atoms with Crippen LogP contribution < -0.4 is 10.3 Å². The Bertz CT molecular complexity index is 1160. The molecule has 1 N–H and O–H groups in total. The average Bonchev–Trinajstić information content (AvgIpc) is 3.45. The summed E-state index contributed by atoms with van der Waals surface area (Å²) in [7, 11) is 1.44. The van der Waals surface area contributed by atoms with Gasteiger partial charge in [-0.05, 0) is 43.3 Å². The fourth-order valence-corrected chi connectivity index (χ4v) is 3.38. The number of H-pyrrole nitrogens is 1. The van der Waals surface area contributed by atoms with Crippen molar-refractivity contribution in [1.29, 1.82) is 0 Å². The standard InChI is InChI=1S/C18H14F3N3O2S/c1-26-13-5-3-2-4-12(13)24-15-14(16(25)23-17(24)27)10(18(19,20)21)8-11(22-15)9-6-7-9/h2-5,8-9H,6-7H2,1H3,(H,23,25,27). The van der Waals surface area contributed by atoms with Crippen molar-refractivity contribution in [2.75, 3.05) is 7.11 Å². The van der Waals surface area contributed by atoms with Crippen molar-refractivity contribution in [3.05, 3.63) is 56.7 Å². The Morgan fingerprint density at radius 3 is 2.63 bits per heavy atom. The smallest absolute Gasteiger partial charge is 0.417 e.